The maximum absolute atomic E-state index is 12.4. The zero-order chi connectivity index (χ0) is 22.4. The standard InChI is InChI=1S/C25H29NO3S2/c1-5-26-23(27)22(31-24(26)30)17-18-8-6-9-21(16-18)29-15-7-14-28-20-12-10-19(11-13-20)25(2,3)4/h6,8-13,16-17H,5,7,14-15H2,1-4H3. The summed E-state index contributed by atoms with van der Waals surface area (Å²) in [7, 11) is 0. The van der Waals surface area contributed by atoms with Crippen LogP contribution >= 0.6 is 24.0 Å². The fourth-order valence-corrected chi connectivity index (χ4v) is 4.49. The molecule has 4 nitrogen and oxygen atoms in total. The summed E-state index contributed by atoms with van der Waals surface area (Å²) in [6.07, 6.45) is 2.65. The van der Waals surface area contributed by atoms with E-state index in [4.69, 9.17) is 21.7 Å². The van der Waals surface area contributed by atoms with Crippen LogP contribution in [0.5, 0.6) is 11.5 Å². The first-order valence-electron chi connectivity index (χ1n) is 10.5. The molecule has 0 radical (unpaired) electrons. The third-order valence-corrected chi connectivity index (χ3v) is 6.27. The summed E-state index contributed by atoms with van der Waals surface area (Å²) in [6.45, 7) is 10.3. The van der Waals surface area contributed by atoms with E-state index in [2.05, 4.69) is 32.9 Å². The molecule has 1 amide bonds. The number of hydrogen-bond acceptors (Lipinski definition) is 5. The van der Waals surface area contributed by atoms with Crippen molar-refractivity contribution in [3.63, 3.8) is 0 Å². The highest BCUT2D eigenvalue weighted by molar-refractivity contribution is 8.26. The number of thiocarbonyl (C=S) groups is 1. The zero-order valence-corrected chi connectivity index (χ0v) is 20.1. The highest BCUT2D eigenvalue weighted by Gasteiger charge is 2.30. The van der Waals surface area contributed by atoms with Gasteiger partial charge in [0, 0.05) is 13.0 Å². The van der Waals surface area contributed by atoms with Crippen molar-refractivity contribution in [2.45, 2.75) is 39.5 Å². The average molecular weight is 456 g/mol. The van der Waals surface area contributed by atoms with E-state index in [1.807, 2.05) is 49.4 Å². The van der Waals surface area contributed by atoms with Gasteiger partial charge in [0.1, 0.15) is 15.8 Å². The summed E-state index contributed by atoms with van der Waals surface area (Å²) in [5, 5.41) is 0. The lowest BCUT2D eigenvalue weighted by Crippen LogP contribution is -2.27. The summed E-state index contributed by atoms with van der Waals surface area (Å²) >= 11 is 6.61. The van der Waals surface area contributed by atoms with Crippen LogP contribution in [0.3, 0.4) is 0 Å². The van der Waals surface area contributed by atoms with Crippen molar-refractivity contribution in [1.82, 2.24) is 4.90 Å². The molecule has 6 heteroatoms. The number of carbonyl (C=O) groups is 1. The SMILES string of the molecule is CCN1C(=O)C(=Cc2cccc(OCCCOc3ccc(C(C)(C)C)cc3)c2)SC1=S. The molecule has 2 aromatic rings. The van der Waals surface area contributed by atoms with Crippen molar-refractivity contribution in [3.8, 4) is 11.5 Å². The van der Waals surface area contributed by atoms with E-state index in [9.17, 15) is 4.79 Å². The van der Waals surface area contributed by atoms with Crippen molar-refractivity contribution in [3.05, 3.63) is 64.6 Å². The molecule has 2 aromatic carbocycles. The number of thioether (sulfide) groups is 1. The molecule has 0 spiro atoms. The van der Waals surface area contributed by atoms with Gasteiger partial charge in [0.15, 0.2) is 0 Å². The van der Waals surface area contributed by atoms with Gasteiger partial charge in [-0.05, 0) is 53.8 Å². The predicted octanol–water partition coefficient (Wildman–Crippen LogP) is 6.05. The van der Waals surface area contributed by atoms with Crippen LogP contribution in [0.25, 0.3) is 6.08 Å². The predicted molar refractivity (Wildman–Crippen MR) is 133 cm³/mol. The highest BCUT2D eigenvalue weighted by atomic mass is 32.2. The maximum atomic E-state index is 12.4. The molecule has 1 heterocycles. The van der Waals surface area contributed by atoms with E-state index in [0.29, 0.717) is 29.0 Å². The van der Waals surface area contributed by atoms with E-state index in [-0.39, 0.29) is 11.3 Å². The Hall–Kier alpha value is -2.31. The van der Waals surface area contributed by atoms with Gasteiger partial charge in [-0.2, -0.15) is 0 Å². The zero-order valence-electron chi connectivity index (χ0n) is 18.5. The summed E-state index contributed by atoms with van der Waals surface area (Å²) < 4.78 is 12.3. The van der Waals surface area contributed by atoms with Crippen molar-refractivity contribution in [2.75, 3.05) is 19.8 Å². The lowest BCUT2D eigenvalue weighted by atomic mass is 9.87. The fraction of sp³-hybridized carbons (Fsp3) is 0.360. The lowest BCUT2D eigenvalue weighted by molar-refractivity contribution is -0.121. The van der Waals surface area contributed by atoms with Crippen molar-refractivity contribution < 1.29 is 14.3 Å². The molecule has 3 rings (SSSR count). The molecule has 1 fully saturated rings. The van der Waals surface area contributed by atoms with Gasteiger partial charge in [-0.15, -0.1) is 0 Å². The van der Waals surface area contributed by atoms with Crippen molar-refractivity contribution >= 4 is 40.3 Å². The smallest absolute Gasteiger partial charge is 0.266 e. The average Bonchev–Trinajstić information content (AvgIpc) is 3.00. The van der Waals surface area contributed by atoms with Crippen molar-refractivity contribution in [2.24, 2.45) is 0 Å². The Balaban J connectivity index is 1.47. The first-order valence-corrected chi connectivity index (χ1v) is 11.7. The van der Waals surface area contributed by atoms with Gasteiger partial charge in [-0.25, -0.2) is 0 Å². The normalized spacial score (nSPS) is 15.6. The van der Waals surface area contributed by atoms with Gasteiger partial charge in [0.2, 0.25) is 0 Å². The third kappa shape index (κ3) is 6.34. The Morgan fingerprint density at radius 3 is 2.32 bits per heavy atom. The summed E-state index contributed by atoms with van der Waals surface area (Å²) in [6, 6.07) is 16.0. The Morgan fingerprint density at radius 2 is 1.71 bits per heavy atom. The third-order valence-electron chi connectivity index (χ3n) is 4.89. The number of hydrogen-bond donors (Lipinski definition) is 0. The fourth-order valence-electron chi connectivity index (χ4n) is 3.11. The number of amides is 1. The topological polar surface area (TPSA) is 38.8 Å². The van der Waals surface area contributed by atoms with E-state index in [1.54, 1.807) is 4.90 Å². The van der Waals surface area contributed by atoms with Gasteiger partial charge in [0.25, 0.3) is 5.91 Å². The Bertz CT molecular complexity index is 961. The van der Waals surface area contributed by atoms with E-state index >= 15 is 0 Å². The highest BCUT2D eigenvalue weighted by Crippen LogP contribution is 2.32. The molecule has 1 aliphatic heterocycles. The van der Waals surface area contributed by atoms with Crippen LogP contribution in [0, 0.1) is 0 Å². The van der Waals surface area contributed by atoms with Gasteiger partial charge in [-0.1, -0.05) is 69.0 Å². The Morgan fingerprint density at radius 1 is 1.03 bits per heavy atom. The van der Waals surface area contributed by atoms with Gasteiger partial charge < -0.3 is 9.47 Å². The van der Waals surface area contributed by atoms with E-state index in [0.717, 1.165) is 23.5 Å². The molecule has 0 N–H and O–H groups in total. The quantitative estimate of drug-likeness (QED) is 0.275. The van der Waals surface area contributed by atoms with Crippen LogP contribution in [-0.4, -0.2) is 34.9 Å². The molecule has 0 aliphatic carbocycles. The minimum atomic E-state index is -0.0310. The second kappa shape index (κ2) is 10.3. The monoisotopic (exact) mass is 455 g/mol. The number of benzene rings is 2. The van der Waals surface area contributed by atoms with Crippen LogP contribution in [-0.2, 0) is 10.2 Å². The molecule has 1 aliphatic rings. The minimum absolute atomic E-state index is 0.0310. The van der Waals surface area contributed by atoms with Crippen LogP contribution < -0.4 is 9.47 Å². The van der Waals surface area contributed by atoms with E-state index < -0.39 is 0 Å². The minimum Gasteiger partial charge on any atom is -0.493 e. The second-order valence-electron chi connectivity index (χ2n) is 8.32. The van der Waals surface area contributed by atoms with Gasteiger partial charge >= 0.3 is 0 Å². The molecule has 164 valence electrons. The number of likely N-dealkylation sites (N-methyl/N-ethyl adjacent to an activating group) is 1. The largest absolute Gasteiger partial charge is 0.493 e. The van der Waals surface area contributed by atoms with Crippen LogP contribution in [0.1, 0.15) is 45.2 Å². The first kappa shape index (κ1) is 23.4. The molecular formula is C25H29NO3S2. The second-order valence-corrected chi connectivity index (χ2v) is 10.00. The molecule has 0 saturated carbocycles. The van der Waals surface area contributed by atoms with E-state index in [1.165, 1.54) is 17.3 Å². The molecule has 0 bridgehead atoms. The maximum Gasteiger partial charge on any atom is 0.266 e. The number of rotatable bonds is 8. The number of ether oxygens (including phenoxy) is 2. The number of nitrogens with zero attached hydrogens (tertiary/aromatic N) is 1. The summed E-state index contributed by atoms with van der Waals surface area (Å²) in [5.41, 5.74) is 2.35. The lowest BCUT2D eigenvalue weighted by Gasteiger charge is -2.19. The van der Waals surface area contributed by atoms with Crippen LogP contribution in [0.4, 0.5) is 0 Å². The Labute approximate surface area is 194 Å². The Kier molecular flexibility index (Phi) is 7.79. The molecule has 31 heavy (non-hydrogen) atoms. The van der Waals surface area contributed by atoms with Gasteiger partial charge in [-0.3, -0.25) is 9.69 Å². The molecular weight excluding hydrogens is 426 g/mol. The first-order chi connectivity index (χ1) is 14.8. The van der Waals surface area contributed by atoms with Crippen molar-refractivity contribution in [1.29, 1.82) is 0 Å². The van der Waals surface area contributed by atoms with Crippen LogP contribution in [0.15, 0.2) is 53.4 Å². The number of carbonyl (C=O) groups excluding carboxylic acids is 1. The summed E-state index contributed by atoms with van der Waals surface area (Å²) in [4.78, 5) is 14.6. The van der Waals surface area contributed by atoms with Crippen LogP contribution in [0.2, 0.25) is 0 Å². The summed E-state index contributed by atoms with van der Waals surface area (Å²) in [5.74, 6) is 1.62. The molecule has 0 aromatic heterocycles. The molecule has 0 atom stereocenters. The molecule has 1 saturated heterocycles. The molecule has 0 unspecified atom stereocenters. The van der Waals surface area contributed by atoms with Gasteiger partial charge in [0.05, 0.1) is 18.1 Å².